The first-order chi connectivity index (χ1) is 9.63. The summed E-state index contributed by atoms with van der Waals surface area (Å²) in [5, 5.41) is 0. The molecule has 0 radical (unpaired) electrons. The number of hydrogen-bond donors (Lipinski definition) is 1. The molecular weight excluding hydrogens is 248 g/mol. The van der Waals surface area contributed by atoms with Crippen molar-refractivity contribution < 1.29 is 0 Å². The minimum Gasteiger partial charge on any atom is -0.328 e. The normalized spacial score (nSPS) is 24.9. The minimum atomic E-state index is 0.336. The van der Waals surface area contributed by atoms with Crippen LogP contribution in [-0.2, 0) is 0 Å². The van der Waals surface area contributed by atoms with Crippen LogP contribution in [0, 0.1) is 6.92 Å². The number of rotatable bonds is 5. The van der Waals surface area contributed by atoms with Crippen LogP contribution in [0.15, 0.2) is 12.4 Å². The topological polar surface area (TPSA) is 55.0 Å². The van der Waals surface area contributed by atoms with E-state index in [1.165, 1.54) is 19.3 Å². The Kier molecular flexibility index (Phi) is 5.49. The van der Waals surface area contributed by atoms with Gasteiger partial charge in [0, 0.05) is 24.5 Å². The van der Waals surface area contributed by atoms with Crippen molar-refractivity contribution >= 4 is 0 Å². The molecule has 1 aromatic heterocycles. The van der Waals surface area contributed by atoms with Crippen LogP contribution < -0.4 is 5.73 Å². The van der Waals surface area contributed by atoms with E-state index in [2.05, 4.69) is 35.6 Å². The van der Waals surface area contributed by atoms with Gasteiger partial charge in [-0.25, -0.2) is 0 Å². The number of nitrogens with two attached hydrogens (primary N) is 1. The van der Waals surface area contributed by atoms with Crippen LogP contribution in [0.2, 0.25) is 0 Å². The molecule has 1 atom stereocenters. The monoisotopic (exact) mass is 276 g/mol. The molecule has 1 aromatic rings. The molecule has 1 saturated carbocycles. The molecule has 1 heterocycles. The molecular formula is C16H28N4. The molecule has 0 bridgehead atoms. The van der Waals surface area contributed by atoms with E-state index in [9.17, 15) is 0 Å². The Morgan fingerprint density at radius 3 is 2.50 bits per heavy atom. The van der Waals surface area contributed by atoms with Crippen LogP contribution in [0.4, 0.5) is 0 Å². The van der Waals surface area contributed by atoms with Gasteiger partial charge < -0.3 is 5.73 Å². The van der Waals surface area contributed by atoms with Gasteiger partial charge in [0.25, 0.3) is 0 Å². The lowest BCUT2D eigenvalue weighted by Crippen LogP contribution is -2.43. The van der Waals surface area contributed by atoms with Crippen molar-refractivity contribution in [3.63, 3.8) is 0 Å². The molecule has 20 heavy (non-hydrogen) atoms. The molecule has 112 valence electrons. The summed E-state index contributed by atoms with van der Waals surface area (Å²) in [6.07, 6.45) is 9.48. The average Bonchev–Trinajstić information content (AvgIpc) is 2.46. The van der Waals surface area contributed by atoms with Gasteiger partial charge in [0.15, 0.2) is 0 Å². The third-order valence-electron chi connectivity index (χ3n) is 4.50. The summed E-state index contributed by atoms with van der Waals surface area (Å²) >= 11 is 0. The van der Waals surface area contributed by atoms with Gasteiger partial charge in [-0.1, -0.05) is 6.92 Å². The van der Waals surface area contributed by atoms with Crippen LogP contribution in [0.3, 0.4) is 0 Å². The minimum absolute atomic E-state index is 0.336. The highest BCUT2D eigenvalue weighted by Crippen LogP contribution is 2.29. The molecule has 1 unspecified atom stereocenters. The summed E-state index contributed by atoms with van der Waals surface area (Å²) in [6.45, 7) is 7.69. The standard InChI is InChI=1S/C16H28N4/c1-4-11-20(15-7-5-14(17)6-8-15)13(3)16-12(2)18-9-10-19-16/h9-10,13-15H,4-8,11,17H2,1-3H3. The highest BCUT2D eigenvalue weighted by atomic mass is 15.2. The fourth-order valence-corrected chi connectivity index (χ4v) is 3.37. The summed E-state index contributed by atoms with van der Waals surface area (Å²) < 4.78 is 0. The van der Waals surface area contributed by atoms with Crippen molar-refractivity contribution in [1.29, 1.82) is 0 Å². The predicted octanol–water partition coefficient (Wildman–Crippen LogP) is 2.83. The van der Waals surface area contributed by atoms with Gasteiger partial charge in [0.2, 0.25) is 0 Å². The Balaban J connectivity index is 2.13. The Morgan fingerprint density at radius 2 is 1.90 bits per heavy atom. The first-order valence-corrected chi connectivity index (χ1v) is 7.92. The average molecular weight is 276 g/mol. The molecule has 0 aromatic carbocycles. The van der Waals surface area contributed by atoms with Crippen LogP contribution in [0.25, 0.3) is 0 Å². The molecule has 1 fully saturated rings. The Labute approximate surface area is 122 Å². The third kappa shape index (κ3) is 3.55. The van der Waals surface area contributed by atoms with Gasteiger partial charge in [-0.3, -0.25) is 14.9 Å². The van der Waals surface area contributed by atoms with Gasteiger partial charge in [0.05, 0.1) is 17.4 Å². The van der Waals surface area contributed by atoms with E-state index in [-0.39, 0.29) is 0 Å². The summed E-state index contributed by atoms with van der Waals surface area (Å²) in [4.78, 5) is 11.6. The van der Waals surface area contributed by atoms with Crippen LogP contribution in [0.5, 0.6) is 0 Å². The molecule has 0 aliphatic heterocycles. The van der Waals surface area contributed by atoms with Crippen molar-refractivity contribution in [2.75, 3.05) is 6.54 Å². The molecule has 0 spiro atoms. The molecule has 4 heteroatoms. The maximum absolute atomic E-state index is 6.04. The predicted molar refractivity (Wildman–Crippen MR) is 82.4 cm³/mol. The molecule has 2 rings (SSSR count). The van der Waals surface area contributed by atoms with Gasteiger partial charge >= 0.3 is 0 Å². The quantitative estimate of drug-likeness (QED) is 0.898. The van der Waals surface area contributed by atoms with Crippen molar-refractivity contribution in [1.82, 2.24) is 14.9 Å². The van der Waals surface area contributed by atoms with E-state index in [0.29, 0.717) is 18.1 Å². The number of hydrogen-bond acceptors (Lipinski definition) is 4. The van der Waals surface area contributed by atoms with Crippen molar-refractivity contribution in [3.05, 3.63) is 23.8 Å². The lowest BCUT2D eigenvalue weighted by Gasteiger charge is -2.39. The second kappa shape index (κ2) is 7.14. The molecule has 1 aliphatic rings. The first kappa shape index (κ1) is 15.4. The zero-order valence-corrected chi connectivity index (χ0v) is 13.0. The highest BCUT2D eigenvalue weighted by Gasteiger charge is 2.28. The lowest BCUT2D eigenvalue weighted by molar-refractivity contribution is 0.105. The van der Waals surface area contributed by atoms with Crippen LogP contribution in [-0.4, -0.2) is 33.5 Å². The van der Waals surface area contributed by atoms with Crippen molar-refractivity contribution in [2.45, 2.75) is 71.0 Å². The third-order valence-corrected chi connectivity index (χ3v) is 4.50. The zero-order chi connectivity index (χ0) is 14.5. The molecule has 0 saturated heterocycles. The summed E-state index contributed by atoms with van der Waals surface area (Å²) in [6, 6.07) is 1.39. The molecule has 0 amide bonds. The van der Waals surface area contributed by atoms with E-state index >= 15 is 0 Å². The summed E-state index contributed by atoms with van der Waals surface area (Å²) in [7, 11) is 0. The van der Waals surface area contributed by atoms with E-state index in [4.69, 9.17) is 5.73 Å². The zero-order valence-electron chi connectivity index (χ0n) is 13.0. The molecule has 2 N–H and O–H groups in total. The van der Waals surface area contributed by atoms with E-state index < -0.39 is 0 Å². The van der Waals surface area contributed by atoms with Gasteiger partial charge in [-0.2, -0.15) is 0 Å². The maximum Gasteiger partial charge on any atom is 0.0784 e. The summed E-state index contributed by atoms with van der Waals surface area (Å²) in [5.41, 5.74) is 8.21. The van der Waals surface area contributed by atoms with Gasteiger partial charge in [0.1, 0.15) is 0 Å². The van der Waals surface area contributed by atoms with Crippen LogP contribution >= 0.6 is 0 Å². The smallest absolute Gasteiger partial charge is 0.0784 e. The molecule has 1 aliphatic carbocycles. The SMILES string of the molecule is CCCN(C1CCC(N)CC1)C(C)c1nccnc1C. The molecule has 4 nitrogen and oxygen atoms in total. The number of aryl methyl sites for hydroxylation is 1. The second-order valence-electron chi connectivity index (χ2n) is 6.01. The number of nitrogens with zero attached hydrogens (tertiary/aromatic N) is 3. The Bertz CT molecular complexity index is 413. The van der Waals surface area contributed by atoms with Gasteiger partial charge in [-0.15, -0.1) is 0 Å². The lowest BCUT2D eigenvalue weighted by atomic mass is 9.89. The van der Waals surface area contributed by atoms with E-state index in [1.807, 2.05) is 0 Å². The Morgan fingerprint density at radius 1 is 1.25 bits per heavy atom. The highest BCUT2D eigenvalue weighted by molar-refractivity contribution is 5.13. The van der Waals surface area contributed by atoms with Gasteiger partial charge in [-0.05, 0) is 52.5 Å². The largest absolute Gasteiger partial charge is 0.328 e. The van der Waals surface area contributed by atoms with Crippen molar-refractivity contribution in [3.8, 4) is 0 Å². The fraction of sp³-hybridized carbons (Fsp3) is 0.750. The van der Waals surface area contributed by atoms with E-state index in [1.54, 1.807) is 12.4 Å². The van der Waals surface area contributed by atoms with Crippen molar-refractivity contribution in [2.24, 2.45) is 5.73 Å². The summed E-state index contributed by atoms with van der Waals surface area (Å²) in [5.74, 6) is 0. The fourth-order valence-electron chi connectivity index (χ4n) is 3.37. The maximum atomic E-state index is 6.04. The first-order valence-electron chi connectivity index (χ1n) is 7.92. The van der Waals surface area contributed by atoms with E-state index in [0.717, 1.165) is 30.8 Å². The van der Waals surface area contributed by atoms with Crippen LogP contribution in [0.1, 0.15) is 63.4 Å². The number of aromatic nitrogens is 2. The second-order valence-corrected chi connectivity index (χ2v) is 6.01. The Hall–Kier alpha value is -1.00.